The molecule has 0 unspecified atom stereocenters. The van der Waals surface area contributed by atoms with Gasteiger partial charge in [0.2, 0.25) is 0 Å². The number of esters is 3. The maximum Gasteiger partial charge on any atom is 0.331 e. The first-order chi connectivity index (χ1) is 17.8. The normalized spacial score (nSPS) is 39.2. The molecule has 1 saturated carbocycles. The minimum absolute atomic E-state index is 0.0622. The van der Waals surface area contributed by atoms with E-state index in [0.29, 0.717) is 23.3 Å². The Bertz CT molecular complexity index is 1220. The minimum Gasteiger partial charge on any atom is -0.493 e. The molecule has 9 nitrogen and oxygen atoms in total. The lowest BCUT2D eigenvalue weighted by molar-refractivity contribution is -0.195. The summed E-state index contributed by atoms with van der Waals surface area (Å²) < 4.78 is 28.6. The van der Waals surface area contributed by atoms with Crippen LogP contribution < -0.4 is 0 Å². The minimum atomic E-state index is -1.03. The van der Waals surface area contributed by atoms with E-state index < -0.39 is 58.5 Å². The van der Waals surface area contributed by atoms with E-state index in [1.165, 1.54) is 32.6 Å². The number of carbonyl (C=O) groups excluding carboxylic acids is 3. The third-order valence-electron chi connectivity index (χ3n) is 9.90. The van der Waals surface area contributed by atoms with Crippen molar-refractivity contribution in [1.29, 1.82) is 0 Å². The van der Waals surface area contributed by atoms with Crippen molar-refractivity contribution >= 4 is 17.9 Å². The molecule has 0 bridgehead atoms. The second-order valence-electron chi connectivity index (χ2n) is 12.1. The highest BCUT2D eigenvalue weighted by Gasteiger charge is 2.71. The van der Waals surface area contributed by atoms with E-state index in [9.17, 15) is 19.5 Å². The van der Waals surface area contributed by atoms with Crippen LogP contribution in [0.15, 0.2) is 46.0 Å². The molecule has 8 atom stereocenters. The summed E-state index contributed by atoms with van der Waals surface area (Å²) in [7, 11) is 1.35. The van der Waals surface area contributed by atoms with Gasteiger partial charge in [0, 0.05) is 42.2 Å². The molecule has 1 aromatic heterocycles. The van der Waals surface area contributed by atoms with Crippen molar-refractivity contribution in [1.82, 2.24) is 0 Å². The fourth-order valence-corrected chi connectivity index (χ4v) is 7.87. The van der Waals surface area contributed by atoms with Gasteiger partial charge in [-0.3, -0.25) is 9.59 Å². The van der Waals surface area contributed by atoms with E-state index in [0.717, 1.165) is 5.57 Å². The zero-order chi connectivity index (χ0) is 27.8. The van der Waals surface area contributed by atoms with Crippen molar-refractivity contribution in [2.45, 2.75) is 78.8 Å². The fourth-order valence-electron chi connectivity index (χ4n) is 7.87. The van der Waals surface area contributed by atoms with Gasteiger partial charge in [0.05, 0.1) is 37.1 Å². The first-order valence-electron chi connectivity index (χ1n) is 13.0. The number of hydrogen-bond donors (Lipinski definition) is 1. The number of rotatable bonds is 4. The Hall–Kier alpha value is -3.07. The zero-order valence-corrected chi connectivity index (χ0v) is 22.9. The van der Waals surface area contributed by atoms with Crippen LogP contribution in [0.2, 0.25) is 0 Å². The van der Waals surface area contributed by atoms with Gasteiger partial charge in [0.1, 0.15) is 24.1 Å². The first-order valence-corrected chi connectivity index (χ1v) is 13.0. The molecular formula is C29H36O9. The lowest BCUT2D eigenvalue weighted by Gasteiger charge is -2.58. The fraction of sp³-hybridized carbons (Fsp3) is 0.621. The predicted molar refractivity (Wildman–Crippen MR) is 133 cm³/mol. The Labute approximate surface area is 222 Å². The highest BCUT2D eigenvalue weighted by molar-refractivity contribution is 5.86. The number of allylic oxidation sites excluding steroid dienone is 1. The van der Waals surface area contributed by atoms with Crippen LogP contribution in [0.4, 0.5) is 0 Å². The zero-order valence-electron chi connectivity index (χ0n) is 22.9. The van der Waals surface area contributed by atoms with E-state index in [-0.39, 0.29) is 18.3 Å². The monoisotopic (exact) mass is 528 g/mol. The second-order valence-corrected chi connectivity index (χ2v) is 12.1. The molecule has 2 aliphatic heterocycles. The lowest BCUT2D eigenvalue weighted by atomic mass is 9.46. The number of fused-ring (bicyclic) bond motifs is 4. The Balaban J connectivity index is 1.69. The van der Waals surface area contributed by atoms with Crippen molar-refractivity contribution in [3.05, 3.63) is 47.1 Å². The molecule has 0 radical (unpaired) electrons. The molecule has 2 aliphatic carbocycles. The number of hydrogen-bond acceptors (Lipinski definition) is 9. The number of furan rings is 1. The molecule has 1 saturated heterocycles. The van der Waals surface area contributed by atoms with Crippen LogP contribution in [0.1, 0.15) is 66.1 Å². The molecule has 1 N–H and O–H groups in total. The van der Waals surface area contributed by atoms with Crippen molar-refractivity contribution in [3.8, 4) is 0 Å². The van der Waals surface area contributed by atoms with E-state index in [2.05, 4.69) is 0 Å². The average Bonchev–Trinajstić information content (AvgIpc) is 3.48. The molecule has 9 heteroatoms. The second kappa shape index (κ2) is 8.73. The standard InChI is InChI=1S/C29H36O9/c1-14-17-10-22(32)38-26(16-8-9-35-13-16)28(17,5)25(33)23-24(14)37-20-12-19(36-15(2)30)27(3,4)18(29(20,23)6)11-21(31)34-7/h8-10,13,18-20,23,25-26,33H,11-12H2,1-7H3/t18-,19+,20-,23+,25-,26-,28-,29+/m0/s1. The topological polar surface area (TPSA) is 122 Å². The maximum absolute atomic E-state index is 12.7. The third kappa shape index (κ3) is 3.50. The SMILES string of the molecule is COC(=O)C[C@H]1C(C)(C)[C@H](OC(C)=O)C[C@@H]2OC3=C(C)C4=CC(=O)O[C@@H](c5ccoc5)[C@]4(C)[C@@H](O)[C@@H]3[C@@]21C. The van der Waals surface area contributed by atoms with Gasteiger partial charge in [-0.25, -0.2) is 4.79 Å². The Morgan fingerprint density at radius 2 is 1.89 bits per heavy atom. The molecule has 38 heavy (non-hydrogen) atoms. The Kier molecular flexibility index (Phi) is 6.09. The first kappa shape index (κ1) is 26.5. The van der Waals surface area contributed by atoms with Crippen LogP contribution in [-0.4, -0.2) is 48.4 Å². The molecule has 0 aromatic carbocycles. The van der Waals surface area contributed by atoms with E-state index >= 15 is 0 Å². The molecule has 2 fully saturated rings. The maximum atomic E-state index is 12.7. The van der Waals surface area contributed by atoms with Crippen LogP contribution in [0.25, 0.3) is 0 Å². The summed E-state index contributed by atoms with van der Waals surface area (Å²) in [4.78, 5) is 37.5. The summed E-state index contributed by atoms with van der Waals surface area (Å²) in [5, 5.41) is 12.3. The summed E-state index contributed by atoms with van der Waals surface area (Å²) in [6.07, 6.45) is 2.15. The van der Waals surface area contributed by atoms with Crippen molar-refractivity contribution < 1.29 is 42.9 Å². The molecule has 0 spiro atoms. The van der Waals surface area contributed by atoms with Crippen LogP contribution in [0, 0.1) is 28.1 Å². The summed E-state index contributed by atoms with van der Waals surface area (Å²) in [5.41, 5.74) is -0.320. The summed E-state index contributed by atoms with van der Waals surface area (Å²) in [6, 6.07) is 1.73. The molecular weight excluding hydrogens is 492 g/mol. The van der Waals surface area contributed by atoms with E-state index in [4.69, 9.17) is 23.4 Å². The van der Waals surface area contributed by atoms with E-state index in [1.807, 2.05) is 34.6 Å². The number of cyclic esters (lactones) is 1. The average molecular weight is 529 g/mol. The number of aliphatic hydroxyl groups is 1. The summed E-state index contributed by atoms with van der Waals surface area (Å²) in [5.74, 6) is -1.59. The van der Waals surface area contributed by atoms with Crippen molar-refractivity contribution in [2.24, 2.45) is 28.1 Å². The van der Waals surface area contributed by atoms with Gasteiger partial charge in [0.25, 0.3) is 0 Å². The molecule has 0 amide bonds. The molecule has 3 heterocycles. The van der Waals surface area contributed by atoms with Crippen LogP contribution in [0.3, 0.4) is 0 Å². The number of methoxy groups -OCH3 is 1. The number of carbonyl (C=O) groups is 3. The van der Waals surface area contributed by atoms with Crippen LogP contribution >= 0.6 is 0 Å². The van der Waals surface area contributed by atoms with Gasteiger partial charge in [0.15, 0.2) is 0 Å². The number of ether oxygens (including phenoxy) is 4. The van der Waals surface area contributed by atoms with Crippen LogP contribution in [-0.2, 0) is 33.3 Å². The van der Waals surface area contributed by atoms with Gasteiger partial charge in [-0.15, -0.1) is 0 Å². The van der Waals surface area contributed by atoms with Gasteiger partial charge < -0.3 is 28.5 Å². The highest BCUT2D eigenvalue weighted by Crippen LogP contribution is 2.69. The molecule has 1 aromatic rings. The van der Waals surface area contributed by atoms with Gasteiger partial charge in [-0.1, -0.05) is 20.8 Å². The Morgan fingerprint density at radius 1 is 1.18 bits per heavy atom. The largest absolute Gasteiger partial charge is 0.493 e. The predicted octanol–water partition coefficient (Wildman–Crippen LogP) is 4.02. The van der Waals surface area contributed by atoms with Gasteiger partial charge in [-0.2, -0.15) is 0 Å². The van der Waals surface area contributed by atoms with Crippen molar-refractivity contribution in [2.75, 3.05) is 7.11 Å². The van der Waals surface area contributed by atoms with Crippen LogP contribution in [0.5, 0.6) is 0 Å². The number of aliphatic hydroxyl groups excluding tert-OH is 1. The molecule has 206 valence electrons. The quantitative estimate of drug-likeness (QED) is 0.456. The lowest BCUT2D eigenvalue weighted by Crippen LogP contribution is -2.62. The van der Waals surface area contributed by atoms with Gasteiger partial charge >= 0.3 is 17.9 Å². The van der Waals surface area contributed by atoms with E-state index in [1.54, 1.807) is 6.07 Å². The van der Waals surface area contributed by atoms with Gasteiger partial charge in [-0.05, 0) is 37.0 Å². The molecule has 5 rings (SSSR count). The smallest absolute Gasteiger partial charge is 0.331 e. The highest BCUT2D eigenvalue weighted by atomic mass is 16.6. The third-order valence-corrected chi connectivity index (χ3v) is 9.90. The Morgan fingerprint density at radius 3 is 2.50 bits per heavy atom. The summed E-state index contributed by atoms with van der Waals surface area (Å²) >= 11 is 0. The van der Waals surface area contributed by atoms with Crippen molar-refractivity contribution in [3.63, 3.8) is 0 Å². The molecule has 4 aliphatic rings. The summed E-state index contributed by atoms with van der Waals surface area (Å²) in [6.45, 7) is 11.2.